The van der Waals surface area contributed by atoms with Crippen LogP contribution in [-0.2, 0) is 20.9 Å². The second-order valence-electron chi connectivity index (χ2n) is 9.69. The standard InChI is InChI=1S/C26H33N3O5/c1-26(2,3)34-25(33)28-14-12-18(13-15-28)8-9-19-6-5-7-21-22(19)16-29(24(21)32)20(17-30)10-11-23(31)27-4/h5-7,17-18,20H,10-16H2,1-4H3,(H,27,31). The van der Waals surface area contributed by atoms with Crippen LogP contribution in [0.15, 0.2) is 18.2 Å². The molecule has 8 heteroatoms. The quantitative estimate of drug-likeness (QED) is 0.531. The molecule has 0 spiro atoms. The molecule has 182 valence electrons. The number of benzene rings is 1. The topological polar surface area (TPSA) is 96.0 Å². The molecule has 0 bridgehead atoms. The summed E-state index contributed by atoms with van der Waals surface area (Å²) < 4.78 is 5.44. The van der Waals surface area contributed by atoms with Gasteiger partial charge in [0.15, 0.2) is 0 Å². The highest BCUT2D eigenvalue weighted by atomic mass is 16.6. The number of hydrogen-bond acceptors (Lipinski definition) is 5. The van der Waals surface area contributed by atoms with Crippen LogP contribution in [0.1, 0.15) is 67.9 Å². The van der Waals surface area contributed by atoms with Crippen molar-refractivity contribution < 1.29 is 23.9 Å². The molecule has 0 saturated carbocycles. The normalized spacial score (nSPS) is 16.9. The smallest absolute Gasteiger partial charge is 0.410 e. The summed E-state index contributed by atoms with van der Waals surface area (Å²) in [5.74, 6) is 6.33. The molecule has 1 saturated heterocycles. The largest absolute Gasteiger partial charge is 0.444 e. The van der Waals surface area contributed by atoms with E-state index in [1.807, 2.05) is 26.8 Å². The summed E-state index contributed by atoms with van der Waals surface area (Å²) in [6, 6.07) is 4.78. The number of likely N-dealkylation sites (tertiary alicyclic amines) is 1. The first-order valence-electron chi connectivity index (χ1n) is 11.7. The van der Waals surface area contributed by atoms with Crippen LogP contribution in [0.5, 0.6) is 0 Å². The first-order valence-corrected chi connectivity index (χ1v) is 11.7. The lowest BCUT2D eigenvalue weighted by Gasteiger charge is -2.31. The van der Waals surface area contributed by atoms with Crippen LogP contribution < -0.4 is 5.32 Å². The molecule has 3 rings (SSSR count). The molecule has 3 amide bonds. The second kappa shape index (κ2) is 10.7. The number of hydrogen-bond donors (Lipinski definition) is 1. The summed E-state index contributed by atoms with van der Waals surface area (Å²) in [6.45, 7) is 7.05. The molecule has 0 aromatic heterocycles. The summed E-state index contributed by atoms with van der Waals surface area (Å²) in [5.41, 5.74) is 1.63. The minimum absolute atomic E-state index is 0.151. The van der Waals surface area contributed by atoms with E-state index in [2.05, 4.69) is 17.2 Å². The van der Waals surface area contributed by atoms with Crippen molar-refractivity contribution in [2.24, 2.45) is 5.92 Å². The Morgan fingerprint density at radius 1 is 1.26 bits per heavy atom. The van der Waals surface area contributed by atoms with Gasteiger partial charge >= 0.3 is 6.09 Å². The number of carbonyl (C=O) groups is 4. The van der Waals surface area contributed by atoms with E-state index < -0.39 is 11.6 Å². The summed E-state index contributed by atoms with van der Waals surface area (Å²) in [5, 5.41) is 2.53. The van der Waals surface area contributed by atoms with Crippen LogP contribution in [0.4, 0.5) is 4.79 Å². The average molecular weight is 468 g/mol. The van der Waals surface area contributed by atoms with Crippen molar-refractivity contribution in [2.45, 2.75) is 64.6 Å². The third kappa shape index (κ3) is 6.16. The number of amides is 3. The molecule has 2 aliphatic rings. The van der Waals surface area contributed by atoms with E-state index in [0.717, 1.165) is 30.3 Å². The van der Waals surface area contributed by atoms with Crippen molar-refractivity contribution in [3.05, 3.63) is 34.9 Å². The molecule has 34 heavy (non-hydrogen) atoms. The molecule has 1 N–H and O–H groups in total. The molecular weight excluding hydrogens is 434 g/mol. The molecule has 1 fully saturated rings. The van der Waals surface area contributed by atoms with Gasteiger partial charge in [-0.25, -0.2) is 4.79 Å². The second-order valence-corrected chi connectivity index (χ2v) is 9.69. The van der Waals surface area contributed by atoms with Crippen molar-refractivity contribution in [1.29, 1.82) is 0 Å². The van der Waals surface area contributed by atoms with E-state index in [1.54, 1.807) is 24.1 Å². The van der Waals surface area contributed by atoms with Gasteiger partial charge in [0.25, 0.3) is 5.91 Å². The Kier molecular flexibility index (Phi) is 7.98. The SMILES string of the molecule is CNC(=O)CCC(C=O)N1Cc2c(C#CC3CCN(C(=O)OC(C)(C)C)CC3)cccc2C1=O. The van der Waals surface area contributed by atoms with Crippen LogP contribution in [0, 0.1) is 17.8 Å². The van der Waals surface area contributed by atoms with Gasteiger partial charge < -0.3 is 24.6 Å². The predicted octanol–water partition coefficient (Wildman–Crippen LogP) is 2.73. The molecule has 1 atom stereocenters. The van der Waals surface area contributed by atoms with Crippen molar-refractivity contribution >= 4 is 24.2 Å². The first kappa shape index (κ1) is 25.3. The predicted molar refractivity (Wildman–Crippen MR) is 127 cm³/mol. The first-order chi connectivity index (χ1) is 16.1. The van der Waals surface area contributed by atoms with Crippen molar-refractivity contribution in [1.82, 2.24) is 15.1 Å². The summed E-state index contributed by atoms with van der Waals surface area (Å²) in [4.78, 5) is 51.7. The van der Waals surface area contributed by atoms with Crippen LogP contribution in [0.25, 0.3) is 0 Å². The molecule has 1 unspecified atom stereocenters. The Labute approximate surface area is 201 Å². The van der Waals surface area contributed by atoms with Crippen molar-refractivity contribution in [3.8, 4) is 11.8 Å². The van der Waals surface area contributed by atoms with Gasteiger partial charge in [-0.1, -0.05) is 17.9 Å². The van der Waals surface area contributed by atoms with Crippen LogP contribution in [0.3, 0.4) is 0 Å². The molecule has 0 radical (unpaired) electrons. The van der Waals surface area contributed by atoms with Crippen LogP contribution in [-0.4, -0.2) is 65.8 Å². The van der Waals surface area contributed by atoms with E-state index in [-0.39, 0.29) is 36.7 Å². The summed E-state index contributed by atoms with van der Waals surface area (Å²) in [7, 11) is 1.54. The summed E-state index contributed by atoms with van der Waals surface area (Å²) in [6.07, 6.45) is 2.42. The zero-order valence-electron chi connectivity index (χ0n) is 20.3. The van der Waals surface area contributed by atoms with Crippen molar-refractivity contribution in [2.75, 3.05) is 20.1 Å². The maximum absolute atomic E-state index is 12.9. The van der Waals surface area contributed by atoms with Gasteiger partial charge in [-0.05, 0) is 57.7 Å². The Morgan fingerprint density at radius 2 is 1.97 bits per heavy atom. The number of piperidine rings is 1. The lowest BCUT2D eigenvalue weighted by molar-refractivity contribution is -0.121. The van der Waals surface area contributed by atoms with E-state index in [1.165, 1.54) is 4.90 Å². The zero-order valence-corrected chi connectivity index (χ0v) is 20.3. The third-order valence-corrected chi connectivity index (χ3v) is 6.06. The molecule has 2 aliphatic heterocycles. The number of aldehydes is 1. The fraction of sp³-hybridized carbons (Fsp3) is 0.538. The van der Waals surface area contributed by atoms with Gasteiger partial charge in [0.05, 0.1) is 6.04 Å². The molecule has 1 aromatic rings. The Morgan fingerprint density at radius 3 is 2.59 bits per heavy atom. The van der Waals surface area contributed by atoms with Gasteiger partial charge in [-0.15, -0.1) is 0 Å². The van der Waals surface area contributed by atoms with E-state index in [0.29, 0.717) is 25.2 Å². The minimum atomic E-state index is -0.657. The molecule has 2 heterocycles. The lowest BCUT2D eigenvalue weighted by atomic mass is 9.96. The van der Waals surface area contributed by atoms with Gasteiger partial charge in [0, 0.05) is 50.1 Å². The van der Waals surface area contributed by atoms with Gasteiger partial charge in [-0.3, -0.25) is 9.59 Å². The molecule has 8 nitrogen and oxygen atoms in total. The third-order valence-electron chi connectivity index (χ3n) is 6.06. The van der Waals surface area contributed by atoms with E-state index in [4.69, 9.17) is 4.74 Å². The Balaban J connectivity index is 1.65. The highest BCUT2D eigenvalue weighted by Gasteiger charge is 2.34. The zero-order chi connectivity index (χ0) is 24.9. The average Bonchev–Trinajstić information content (AvgIpc) is 3.14. The minimum Gasteiger partial charge on any atom is -0.444 e. The number of ether oxygens (including phenoxy) is 1. The molecule has 0 aliphatic carbocycles. The molecule has 1 aromatic carbocycles. The maximum atomic E-state index is 12.9. The van der Waals surface area contributed by atoms with Gasteiger partial charge in [0.2, 0.25) is 5.91 Å². The van der Waals surface area contributed by atoms with Crippen LogP contribution >= 0.6 is 0 Å². The Hall–Kier alpha value is -3.34. The number of nitrogens with zero attached hydrogens (tertiary/aromatic N) is 2. The maximum Gasteiger partial charge on any atom is 0.410 e. The van der Waals surface area contributed by atoms with Gasteiger partial charge in [-0.2, -0.15) is 0 Å². The number of carbonyl (C=O) groups excluding carboxylic acids is 4. The fourth-order valence-corrected chi connectivity index (χ4v) is 4.15. The lowest BCUT2D eigenvalue weighted by Crippen LogP contribution is -2.41. The number of rotatable bonds is 5. The number of nitrogens with one attached hydrogen (secondary N) is 1. The van der Waals surface area contributed by atoms with Crippen LogP contribution in [0.2, 0.25) is 0 Å². The van der Waals surface area contributed by atoms with E-state index in [9.17, 15) is 19.2 Å². The number of fused-ring (bicyclic) bond motifs is 1. The highest BCUT2D eigenvalue weighted by Crippen LogP contribution is 2.28. The van der Waals surface area contributed by atoms with Gasteiger partial charge in [0.1, 0.15) is 11.9 Å². The van der Waals surface area contributed by atoms with Crippen molar-refractivity contribution in [3.63, 3.8) is 0 Å². The van der Waals surface area contributed by atoms with E-state index >= 15 is 0 Å². The monoisotopic (exact) mass is 467 g/mol. The summed E-state index contributed by atoms with van der Waals surface area (Å²) >= 11 is 0. The molecular formula is C26H33N3O5. The fourth-order valence-electron chi connectivity index (χ4n) is 4.15. The Bertz CT molecular complexity index is 1010. The highest BCUT2D eigenvalue weighted by molar-refractivity contribution is 6.00.